The second-order valence-corrected chi connectivity index (χ2v) is 5.80. The molecule has 0 bridgehead atoms. The molecule has 4 heteroatoms. The molecule has 1 heterocycles. The lowest BCUT2D eigenvalue weighted by atomic mass is 9.98. The van der Waals surface area contributed by atoms with Crippen molar-refractivity contribution in [3.8, 4) is 28.6 Å². The van der Waals surface area contributed by atoms with Crippen LogP contribution in [0.25, 0.3) is 22.1 Å². The molecule has 3 aromatic rings. The normalized spacial score (nSPS) is 10.8. The van der Waals surface area contributed by atoms with Crippen LogP contribution < -0.4 is 14.2 Å². The van der Waals surface area contributed by atoms with Crippen LogP contribution in [0.15, 0.2) is 40.8 Å². The highest BCUT2D eigenvalue weighted by atomic mass is 16.5. The van der Waals surface area contributed by atoms with Gasteiger partial charge in [-0.15, -0.1) is 0 Å². The molecular formula is C21H23O4+. The second kappa shape index (κ2) is 7.01. The summed E-state index contributed by atoms with van der Waals surface area (Å²) in [5, 5.41) is 2.12. The first-order valence-corrected chi connectivity index (χ1v) is 8.28. The molecule has 0 spiro atoms. The minimum absolute atomic E-state index is 0.686. The van der Waals surface area contributed by atoms with Gasteiger partial charge >= 0.3 is 11.5 Å². The monoisotopic (exact) mass is 339 g/mol. The number of ether oxygens (including phenoxy) is 3. The van der Waals surface area contributed by atoms with E-state index in [-0.39, 0.29) is 0 Å². The Hall–Kier alpha value is -2.75. The molecule has 25 heavy (non-hydrogen) atoms. The van der Waals surface area contributed by atoms with Gasteiger partial charge in [0.2, 0.25) is 0 Å². The van der Waals surface area contributed by atoms with E-state index in [1.165, 1.54) is 5.56 Å². The smallest absolute Gasteiger partial charge is 0.368 e. The Bertz CT molecular complexity index is 898. The Morgan fingerprint density at radius 2 is 1.44 bits per heavy atom. The Morgan fingerprint density at radius 3 is 1.96 bits per heavy atom. The van der Waals surface area contributed by atoms with E-state index in [2.05, 4.69) is 6.92 Å². The molecular weight excluding hydrogens is 316 g/mol. The second-order valence-electron chi connectivity index (χ2n) is 5.80. The van der Waals surface area contributed by atoms with Gasteiger partial charge in [0.25, 0.3) is 0 Å². The van der Waals surface area contributed by atoms with Crippen LogP contribution in [-0.4, -0.2) is 21.3 Å². The fourth-order valence-corrected chi connectivity index (χ4v) is 3.17. The number of rotatable bonds is 5. The summed E-state index contributed by atoms with van der Waals surface area (Å²) in [5.74, 6) is 3.94. The molecule has 0 saturated heterocycles. The molecule has 0 unspecified atom stereocenters. The lowest BCUT2D eigenvalue weighted by molar-refractivity contribution is 0.355. The van der Waals surface area contributed by atoms with Crippen LogP contribution in [0.2, 0.25) is 0 Å². The standard InChI is InChI=1S/C21H23O4/c1-6-16-13(2)25-21(14-7-9-15(22-3)10-8-14)18-12-20(24-5)19(23-4)11-17(16)18/h7-12H,6H2,1-5H3/q+1. The summed E-state index contributed by atoms with van der Waals surface area (Å²) in [6.45, 7) is 4.13. The molecule has 3 rings (SSSR count). The van der Waals surface area contributed by atoms with Gasteiger partial charge in [-0.2, -0.15) is 0 Å². The number of hydrogen-bond acceptors (Lipinski definition) is 3. The Kier molecular flexibility index (Phi) is 4.79. The zero-order valence-corrected chi connectivity index (χ0v) is 15.3. The summed E-state index contributed by atoms with van der Waals surface area (Å²) < 4.78 is 22.4. The maximum Gasteiger partial charge on any atom is 0.368 e. The first kappa shape index (κ1) is 17.1. The van der Waals surface area contributed by atoms with Crippen molar-refractivity contribution in [1.82, 2.24) is 0 Å². The van der Waals surface area contributed by atoms with Crippen LogP contribution in [0.1, 0.15) is 18.2 Å². The van der Waals surface area contributed by atoms with E-state index in [0.29, 0.717) is 5.75 Å². The summed E-state index contributed by atoms with van der Waals surface area (Å²) in [6, 6.07) is 11.9. The van der Waals surface area contributed by atoms with Crippen LogP contribution >= 0.6 is 0 Å². The van der Waals surface area contributed by atoms with Gasteiger partial charge in [0.15, 0.2) is 11.5 Å². The molecule has 0 fully saturated rings. The van der Waals surface area contributed by atoms with Gasteiger partial charge in [0.05, 0.1) is 44.8 Å². The molecule has 0 aliphatic heterocycles. The third kappa shape index (κ3) is 3.00. The highest BCUT2D eigenvalue weighted by Crippen LogP contribution is 2.40. The Morgan fingerprint density at radius 1 is 0.840 bits per heavy atom. The Labute approximate surface area is 148 Å². The number of hydrogen-bond donors (Lipinski definition) is 0. The first-order valence-electron chi connectivity index (χ1n) is 8.28. The van der Waals surface area contributed by atoms with Crippen molar-refractivity contribution in [2.45, 2.75) is 20.3 Å². The third-order valence-corrected chi connectivity index (χ3v) is 4.48. The van der Waals surface area contributed by atoms with E-state index < -0.39 is 0 Å². The van der Waals surface area contributed by atoms with Crippen molar-refractivity contribution in [2.75, 3.05) is 21.3 Å². The van der Waals surface area contributed by atoms with Crippen LogP contribution in [0, 0.1) is 6.92 Å². The van der Waals surface area contributed by atoms with Crippen LogP contribution in [-0.2, 0) is 6.42 Å². The number of aryl methyl sites for hydroxylation is 2. The van der Waals surface area contributed by atoms with Crippen LogP contribution in [0.4, 0.5) is 0 Å². The quantitative estimate of drug-likeness (QED) is 0.593. The summed E-state index contributed by atoms with van der Waals surface area (Å²) >= 11 is 0. The predicted octanol–water partition coefficient (Wildman–Crippen LogP) is 5.28. The minimum Gasteiger partial charge on any atom is -0.497 e. The Balaban J connectivity index is 2.34. The van der Waals surface area contributed by atoms with E-state index in [9.17, 15) is 0 Å². The highest BCUT2D eigenvalue weighted by Gasteiger charge is 2.25. The molecule has 0 amide bonds. The molecule has 0 aliphatic rings. The average Bonchev–Trinajstić information content (AvgIpc) is 2.66. The zero-order chi connectivity index (χ0) is 18.0. The molecule has 0 atom stereocenters. The van der Waals surface area contributed by atoms with E-state index in [0.717, 1.165) is 45.8 Å². The van der Waals surface area contributed by atoms with Crippen LogP contribution in [0.5, 0.6) is 17.2 Å². The maximum atomic E-state index is 6.21. The fraction of sp³-hybridized carbons (Fsp3) is 0.286. The molecule has 4 nitrogen and oxygen atoms in total. The molecule has 0 saturated carbocycles. The van der Waals surface area contributed by atoms with Crippen molar-refractivity contribution in [1.29, 1.82) is 0 Å². The third-order valence-electron chi connectivity index (χ3n) is 4.48. The van der Waals surface area contributed by atoms with Crippen molar-refractivity contribution in [2.24, 2.45) is 0 Å². The van der Waals surface area contributed by atoms with Crippen LogP contribution in [0.3, 0.4) is 0 Å². The molecule has 1 aromatic heterocycles. The summed E-state index contributed by atoms with van der Waals surface area (Å²) in [6.07, 6.45) is 0.879. The van der Waals surface area contributed by atoms with Gasteiger partial charge in [-0.05, 0) is 36.8 Å². The van der Waals surface area contributed by atoms with E-state index in [1.807, 2.05) is 43.3 Å². The largest absolute Gasteiger partial charge is 0.497 e. The van der Waals surface area contributed by atoms with Gasteiger partial charge in [-0.25, -0.2) is 4.42 Å². The topological polar surface area (TPSA) is 39.0 Å². The predicted molar refractivity (Wildman–Crippen MR) is 99.8 cm³/mol. The molecule has 0 N–H and O–H groups in total. The minimum atomic E-state index is 0.686. The van der Waals surface area contributed by atoms with E-state index in [4.69, 9.17) is 18.6 Å². The number of benzene rings is 2. The van der Waals surface area contributed by atoms with Crippen molar-refractivity contribution < 1.29 is 18.6 Å². The van der Waals surface area contributed by atoms with Gasteiger partial charge in [0, 0.05) is 11.5 Å². The highest BCUT2D eigenvalue weighted by molar-refractivity contribution is 5.98. The van der Waals surface area contributed by atoms with Crippen molar-refractivity contribution in [3.63, 3.8) is 0 Å². The SMILES string of the molecule is CCc1c(C)[o+]c(-c2ccc(OC)cc2)c2cc(OC)c(OC)cc12. The molecule has 130 valence electrons. The van der Waals surface area contributed by atoms with E-state index >= 15 is 0 Å². The lowest BCUT2D eigenvalue weighted by Crippen LogP contribution is -1.96. The molecule has 0 radical (unpaired) electrons. The lowest BCUT2D eigenvalue weighted by Gasteiger charge is -2.11. The van der Waals surface area contributed by atoms with Gasteiger partial charge in [-0.1, -0.05) is 6.92 Å². The number of fused-ring (bicyclic) bond motifs is 1. The summed E-state index contributed by atoms with van der Waals surface area (Å²) in [7, 11) is 4.95. The summed E-state index contributed by atoms with van der Waals surface area (Å²) in [4.78, 5) is 0. The van der Waals surface area contributed by atoms with Crippen molar-refractivity contribution in [3.05, 3.63) is 47.7 Å². The van der Waals surface area contributed by atoms with Gasteiger partial charge < -0.3 is 14.2 Å². The van der Waals surface area contributed by atoms with Gasteiger partial charge in [-0.3, -0.25) is 0 Å². The fourth-order valence-electron chi connectivity index (χ4n) is 3.17. The molecule has 0 aliphatic carbocycles. The molecule has 2 aromatic carbocycles. The first-order chi connectivity index (χ1) is 12.1. The maximum absolute atomic E-state index is 6.21. The van der Waals surface area contributed by atoms with E-state index in [1.54, 1.807) is 21.3 Å². The average molecular weight is 339 g/mol. The summed E-state index contributed by atoms with van der Waals surface area (Å²) in [5.41, 5.74) is 2.16. The van der Waals surface area contributed by atoms with Crippen molar-refractivity contribution >= 4 is 10.8 Å². The number of methoxy groups -OCH3 is 3. The zero-order valence-electron chi connectivity index (χ0n) is 15.3. The van der Waals surface area contributed by atoms with Gasteiger partial charge in [0.1, 0.15) is 5.75 Å².